The summed E-state index contributed by atoms with van der Waals surface area (Å²) < 4.78 is 5.34. The van der Waals surface area contributed by atoms with Crippen molar-refractivity contribution < 1.29 is 9.53 Å². The molecule has 110 valence electrons. The number of rotatable bonds is 4. The van der Waals surface area contributed by atoms with Crippen molar-refractivity contribution in [2.45, 2.75) is 6.92 Å². The Morgan fingerprint density at radius 2 is 2.24 bits per heavy atom. The number of aryl methyl sites for hydroxylation is 1. The van der Waals surface area contributed by atoms with Crippen molar-refractivity contribution in [3.63, 3.8) is 0 Å². The molecule has 0 atom stereocenters. The number of morpholine rings is 1. The molecule has 3 heterocycles. The first-order valence-corrected chi connectivity index (χ1v) is 8.49. The lowest BCUT2D eigenvalue weighted by Gasteiger charge is -2.25. The molecule has 21 heavy (non-hydrogen) atoms. The van der Waals surface area contributed by atoms with Crippen LogP contribution >= 0.6 is 22.7 Å². The lowest BCUT2D eigenvalue weighted by molar-refractivity contribution is 0.105. The van der Waals surface area contributed by atoms with E-state index in [0.717, 1.165) is 46.9 Å². The molecule has 0 bridgehead atoms. The molecule has 1 saturated heterocycles. The molecule has 1 aliphatic rings. The van der Waals surface area contributed by atoms with Gasteiger partial charge in [-0.3, -0.25) is 4.79 Å². The summed E-state index contributed by atoms with van der Waals surface area (Å²) in [6, 6.07) is 3.97. The van der Waals surface area contributed by atoms with Crippen molar-refractivity contribution in [2.75, 3.05) is 31.2 Å². The smallest absolute Gasteiger partial charge is 0.197 e. The highest BCUT2D eigenvalue weighted by molar-refractivity contribution is 7.17. The molecule has 0 unspecified atom stereocenters. The summed E-state index contributed by atoms with van der Waals surface area (Å²) in [5.41, 5.74) is 0.808. The van der Waals surface area contributed by atoms with Gasteiger partial charge in [0.1, 0.15) is 0 Å². The topological polar surface area (TPSA) is 42.4 Å². The van der Waals surface area contributed by atoms with Crippen molar-refractivity contribution >= 4 is 39.7 Å². The van der Waals surface area contributed by atoms with E-state index in [0.29, 0.717) is 0 Å². The number of nitrogens with zero attached hydrogens (tertiary/aromatic N) is 2. The first-order valence-electron chi connectivity index (χ1n) is 6.80. The molecule has 0 radical (unpaired) electrons. The molecule has 1 aliphatic heterocycles. The summed E-state index contributed by atoms with van der Waals surface area (Å²) in [5, 5.41) is 2.92. The number of aromatic nitrogens is 1. The van der Waals surface area contributed by atoms with Crippen LogP contribution in [0.3, 0.4) is 0 Å². The number of thiophene rings is 1. The normalized spacial score (nSPS) is 15.8. The van der Waals surface area contributed by atoms with Crippen molar-refractivity contribution in [1.29, 1.82) is 0 Å². The lowest BCUT2D eigenvalue weighted by Crippen LogP contribution is -2.36. The molecule has 3 rings (SSSR count). The summed E-state index contributed by atoms with van der Waals surface area (Å²) in [6.45, 7) is 5.02. The van der Waals surface area contributed by atoms with E-state index in [-0.39, 0.29) is 5.78 Å². The Kier molecular flexibility index (Phi) is 4.48. The van der Waals surface area contributed by atoms with Crippen LogP contribution < -0.4 is 4.90 Å². The predicted octanol–water partition coefficient (Wildman–Crippen LogP) is 3.25. The standard InChI is InChI=1S/C15H16N2O2S2/c1-11-14(13(18)5-4-12-3-2-10-20-12)21-15(16-11)17-6-8-19-9-7-17/h2-5,10H,6-9H2,1H3/b5-4-. The van der Waals surface area contributed by atoms with Crippen LogP contribution in [0.2, 0.25) is 0 Å². The minimum Gasteiger partial charge on any atom is -0.378 e. The number of hydrogen-bond acceptors (Lipinski definition) is 6. The summed E-state index contributed by atoms with van der Waals surface area (Å²) in [7, 11) is 0. The number of thiazole rings is 1. The Morgan fingerprint density at radius 3 is 2.95 bits per heavy atom. The third-order valence-corrected chi connectivity index (χ3v) is 5.30. The first-order chi connectivity index (χ1) is 10.2. The highest BCUT2D eigenvalue weighted by Gasteiger charge is 2.19. The Hall–Kier alpha value is -1.50. The fourth-order valence-corrected chi connectivity index (χ4v) is 3.78. The van der Waals surface area contributed by atoms with Gasteiger partial charge < -0.3 is 9.64 Å². The van der Waals surface area contributed by atoms with Gasteiger partial charge in [0.05, 0.1) is 23.8 Å². The third kappa shape index (κ3) is 3.40. The zero-order valence-corrected chi connectivity index (χ0v) is 13.4. The number of allylic oxidation sites excluding steroid dienone is 1. The fraction of sp³-hybridized carbons (Fsp3) is 0.333. The van der Waals surface area contributed by atoms with Crippen LogP contribution in [0.5, 0.6) is 0 Å². The van der Waals surface area contributed by atoms with Crippen molar-refractivity contribution in [3.8, 4) is 0 Å². The molecule has 6 heteroatoms. The quantitative estimate of drug-likeness (QED) is 0.641. The minimum atomic E-state index is 0.0258. The van der Waals surface area contributed by atoms with E-state index >= 15 is 0 Å². The molecular weight excluding hydrogens is 304 g/mol. The van der Waals surface area contributed by atoms with Crippen LogP contribution in [0.1, 0.15) is 20.2 Å². The van der Waals surface area contributed by atoms with Crippen LogP contribution in [-0.4, -0.2) is 37.1 Å². The molecule has 2 aromatic heterocycles. The van der Waals surface area contributed by atoms with Crippen molar-refractivity contribution in [1.82, 2.24) is 4.98 Å². The minimum absolute atomic E-state index is 0.0258. The number of carbonyl (C=O) groups is 1. The zero-order valence-electron chi connectivity index (χ0n) is 11.7. The number of ether oxygens (including phenoxy) is 1. The molecule has 0 aliphatic carbocycles. The zero-order chi connectivity index (χ0) is 14.7. The van der Waals surface area contributed by atoms with E-state index in [2.05, 4.69) is 9.88 Å². The monoisotopic (exact) mass is 320 g/mol. The molecule has 1 fully saturated rings. The van der Waals surface area contributed by atoms with Crippen LogP contribution in [0.4, 0.5) is 5.13 Å². The van der Waals surface area contributed by atoms with E-state index in [1.54, 1.807) is 17.4 Å². The first kappa shape index (κ1) is 14.4. The van der Waals surface area contributed by atoms with Crippen molar-refractivity contribution in [2.24, 2.45) is 0 Å². The van der Waals surface area contributed by atoms with Gasteiger partial charge in [-0.15, -0.1) is 11.3 Å². The van der Waals surface area contributed by atoms with Gasteiger partial charge in [-0.2, -0.15) is 0 Å². The second-order valence-corrected chi connectivity index (χ2v) is 6.68. The fourth-order valence-electron chi connectivity index (χ4n) is 2.12. The second-order valence-electron chi connectivity index (χ2n) is 4.72. The largest absolute Gasteiger partial charge is 0.378 e. The van der Waals surface area contributed by atoms with Gasteiger partial charge in [-0.1, -0.05) is 17.4 Å². The van der Waals surface area contributed by atoms with E-state index < -0.39 is 0 Å². The summed E-state index contributed by atoms with van der Waals surface area (Å²) >= 11 is 3.09. The van der Waals surface area contributed by atoms with Gasteiger partial charge in [0.25, 0.3) is 0 Å². The average molecular weight is 320 g/mol. The van der Waals surface area contributed by atoms with Gasteiger partial charge in [0, 0.05) is 18.0 Å². The predicted molar refractivity (Wildman–Crippen MR) is 87.6 cm³/mol. The molecule has 0 N–H and O–H groups in total. The molecule has 0 saturated carbocycles. The molecule has 2 aromatic rings. The number of hydrogen-bond donors (Lipinski definition) is 0. The Balaban J connectivity index is 1.75. The van der Waals surface area contributed by atoms with Gasteiger partial charge in [0.2, 0.25) is 0 Å². The van der Waals surface area contributed by atoms with Gasteiger partial charge in [-0.05, 0) is 30.5 Å². The summed E-state index contributed by atoms with van der Waals surface area (Å²) in [6.07, 6.45) is 3.50. The van der Waals surface area contributed by atoms with Gasteiger partial charge in [-0.25, -0.2) is 4.98 Å². The van der Waals surface area contributed by atoms with Crippen LogP contribution in [0.15, 0.2) is 23.6 Å². The Labute approximate surface area is 131 Å². The lowest BCUT2D eigenvalue weighted by atomic mass is 10.2. The Bertz CT molecular complexity index is 641. The molecule has 0 spiro atoms. The van der Waals surface area contributed by atoms with E-state index in [9.17, 15) is 4.79 Å². The van der Waals surface area contributed by atoms with Crippen LogP contribution in [-0.2, 0) is 4.74 Å². The second kappa shape index (κ2) is 6.51. The third-order valence-electron chi connectivity index (χ3n) is 3.23. The molecule has 0 aromatic carbocycles. The summed E-state index contributed by atoms with van der Waals surface area (Å²) in [5.74, 6) is 0.0258. The SMILES string of the molecule is Cc1nc(N2CCOCC2)sc1C(=O)/C=C\c1cccs1. The maximum atomic E-state index is 12.3. The van der Waals surface area contributed by atoms with Crippen molar-refractivity contribution in [3.05, 3.63) is 39.0 Å². The van der Waals surface area contributed by atoms with Crippen LogP contribution in [0, 0.1) is 6.92 Å². The Morgan fingerprint density at radius 1 is 1.43 bits per heavy atom. The van der Waals surface area contributed by atoms with Gasteiger partial charge in [0.15, 0.2) is 10.9 Å². The van der Waals surface area contributed by atoms with E-state index in [1.165, 1.54) is 11.3 Å². The highest BCUT2D eigenvalue weighted by atomic mass is 32.1. The van der Waals surface area contributed by atoms with E-state index in [1.807, 2.05) is 30.5 Å². The summed E-state index contributed by atoms with van der Waals surface area (Å²) in [4.78, 5) is 20.8. The number of anilines is 1. The number of ketones is 1. The molecule has 4 nitrogen and oxygen atoms in total. The van der Waals surface area contributed by atoms with E-state index in [4.69, 9.17) is 4.74 Å². The maximum Gasteiger partial charge on any atom is 0.197 e. The maximum absolute atomic E-state index is 12.3. The van der Waals surface area contributed by atoms with Crippen LogP contribution in [0.25, 0.3) is 6.08 Å². The van der Waals surface area contributed by atoms with Gasteiger partial charge >= 0.3 is 0 Å². The highest BCUT2D eigenvalue weighted by Crippen LogP contribution is 2.27. The average Bonchev–Trinajstić information content (AvgIpc) is 3.15. The molecule has 0 amide bonds. The molecular formula is C15H16N2O2S2. The number of carbonyl (C=O) groups excluding carboxylic acids is 1.